The molecule has 0 aliphatic heterocycles. The molecule has 18 heavy (non-hydrogen) atoms. The van der Waals surface area contributed by atoms with Crippen LogP contribution in [0.5, 0.6) is 0 Å². The first-order valence-corrected chi connectivity index (χ1v) is 6.34. The highest BCUT2D eigenvalue weighted by Crippen LogP contribution is 2.29. The summed E-state index contributed by atoms with van der Waals surface area (Å²) in [5.74, 6) is 0.198. The summed E-state index contributed by atoms with van der Waals surface area (Å²) in [5, 5.41) is 8.78. The zero-order chi connectivity index (χ0) is 13.1. The van der Waals surface area contributed by atoms with E-state index in [0.717, 1.165) is 16.1 Å². The monoisotopic (exact) mass is 263 g/mol. The third-order valence-corrected chi connectivity index (χ3v) is 3.53. The van der Waals surface area contributed by atoms with E-state index in [0.29, 0.717) is 11.5 Å². The second-order valence-electron chi connectivity index (χ2n) is 3.94. The molecule has 3 N–H and O–H groups in total. The average Bonchev–Trinajstić information content (AvgIpc) is 2.79. The molecule has 0 saturated heterocycles. The molecule has 1 aromatic heterocycles. The highest BCUT2D eigenvalue weighted by molar-refractivity contribution is 7.98. The summed E-state index contributed by atoms with van der Waals surface area (Å²) in [7, 11) is 0. The Labute approximate surface area is 109 Å². The van der Waals surface area contributed by atoms with Crippen LogP contribution in [0.1, 0.15) is 21.7 Å². The number of rotatable bonds is 4. The maximum absolute atomic E-state index is 10.7. The zero-order valence-corrected chi connectivity index (χ0v) is 10.7. The molecule has 2 rings (SSSR count). The van der Waals surface area contributed by atoms with E-state index in [1.54, 1.807) is 0 Å². The lowest BCUT2D eigenvalue weighted by atomic mass is 10.2. The van der Waals surface area contributed by atoms with Crippen molar-refractivity contribution in [2.24, 2.45) is 0 Å². The predicted octanol–water partition coefficient (Wildman–Crippen LogP) is 3.16. The summed E-state index contributed by atoms with van der Waals surface area (Å²) in [5.41, 5.74) is 7.89. The second-order valence-corrected chi connectivity index (χ2v) is 4.95. The molecule has 0 saturated carbocycles. The lowest BCUT2D eigenvalue weighted by Gasteiger charge is -2.05. The van der Waals surface area contributed by atoms with Crippen LogP contribution in [0.4, 0.5) is 5.69 Å². The van der Waals surface area contributed by atoms with E-state index in [2.05, 4.69) is 0 Å². The van der Waals surface area contributed by atoms with Crippen molar-refractivity contribution in [2.75, 3.05) is 5.73 Å². The van der Waals surface area contributed by atoms with Crippen LogP contribution in [-0.4, -0.2) is 11.1 Å². The number of furan rings is 1. The number of aryl methyl sites for hydroxylation is 1. The molecule has 1 aromatic carbocycles. The van der Waals surface area contributed by atoms with Crippen LogP contribution < -0.4 is 5.73 Å². The molecule has 0 fully saturated rings. The number of thioether (sulfide) groups is 1. The maximum Gasteiger partial charge on any atom is 0.338 e. The van der Waals surface area contributed by atoms with Gasteiger partial charge in [0.1, 0.15) is 12.0 Å². The molecule has 94 valence electrons. The van der Waals surface area contributed by atoms with Crippen LogP contribution in [0.25, 0.3) is 0 Å². The Morgan fingerprint density at radius 3 is 2.89 bits per heavy atom. The summed E-state index contributed by atoms with van der Waals surface area (Å²) in [4.78, 5) is 11.7. The Bertz CT molecular complexity index is 577. The Morgan fingerprint density at radius 2 is 2.22 bits per heavy atom. The summed E-state index contributed by atoms with van der Waals surface area (Å²) >= 11 is 1.53. The Hall–Kier alpha value is -1.88. The van der Waals surface area contributed by atoms with Gasteiger partial charge in [-0.2, -0.15) is 0 Å². The number of hydrogen-bond donors (Lipinski definition) is 2. The number of anilines is 1. The predicted molar refractivity (Wildman–Crippen MR) is 70.8 cm³/mol. The molecule has 1 heterocycles. The third-order valence-electron chi connectivity index (χ3n) is 2.44. The van der Waals surface area contributed by atoms with Crippen LogP contribution in [-0.2, 0) is 5.75 Å². The van der Waals surface area contributed by atoms with Gasteiger partial charge in [0.15, 0.2) is 0 Å². The smallest absolute Gasteiger partial charge is 0.338 e. The minimum Gasteiger partial charge on any atom is -0.478 e. The van der Waals surface area contributed by atoms with Crippen LogP contribution >= 0.6 is 11.8 Å². The molecule has 5 heteroatoms. The molecule has 0 amide bonds. The van der Waals surface area contributed by atoms with Crippen LogP contribution in [0, 0.1) is 6.92 Å². The number of carboxylic acids is 1. The Balaban J connectivity index is 2.06. The molecule has 0 aliphatic rings. The summed E-state index contributed by atoms with van der Waals surface area (Å²) in [6.45, 7) is 2.00. The van der Waals surface area contributed by atoms with Gasteiger partial charge in [0, 0.05) is 10.6 Å². The second kappa shape index (κ2) is 5.18. The van der Waals surface area contributed by atoms with Crippen molar-refractivity contribution >= 4 is 23.4 Å². The number of hydrogen-bond acceptors (Lipinski definition) is 4. The Morgan fingerprint density at radius 1 is 1.44 bits per heavy atom. The van der Waals surface area contributed by atoms with Gasteiger partial charge >= 0.3 is 5.97 Å². The number of nitrogen functional groups attached to an aromatic ring is 1. The van der Waals surface area contributed by atoms with Crippen molar-refractivity contribution in [1.82, 2.24) is 0 Å². The largest absolute Gasteiger partial charge is 0.478 e. The molecule has 0 unspecified atom stereocenters. The first kappa shape index (κ1) is 12.6. The molecular formula is C13H13NO3S. The standard InChI is InChI=1S/C13H13NO3S/c1-8-2-3-11(14)12(4-8)18-7-10-5-9(6-17-10)13(15)16/h2-6H,7,14H2,1H3,(H,15,16). The average molecular weight is 263 g/mol. The zero-order valence-electron chi connectivity index (χ0n) is 9.84. The highest BCUT2D eigenvalue weighted by Gasteiger charge is 2.09. The first-order chi connectivity index (χ1) is 8.56. The van der Waals surface area contributed by atoms with Crippen molar-refractivity contribution in [2.45, 2.75) is 17.6 Å². The van der Waals surface area contributed by atoms with E-state index in [4.69, 9.17) is 15.3 Å². The van der Waals surface area contributed by atoms with E-state index in [1.165, 1.54) is 24.1 Å². The van der Waals surface area contributed by atoms with Crippen LogP contribution in [0.15, 0.2) is 39.8 Å². The summed E-state index contributed by atoms with van der Waals surface area (Å²) in [6.07, 6.45) is 1.25. The topological polar surface area (TPSA) is 76.5 Å². The summed E-state index contributed by atoms with van der Waals surface area (Å²) in [6, 6.07) is 7.35. The Kier molecular flexibility index (Phi) is 3.62. The van der Waals surface area contributed by atoms with Gasteiger partial charge in [0.05, 0.1) is 11.3 Å². The molecule has 0 radical (unpaired) electrons. The van der Waals surface area contributed by atoms with E-state index in [1.807, 2.05) is 25.1 Å². The van der Waals surface area contributed by atoms with E-state index in [9.17, 15) is 4.79 Å². The van der Waals surface area contributed by atoms with Gasteiger partial charge in [-0.05, 0) is 30.7 Å². The van der Waals surface area contributed by atoms with Gasteiger partial charge < -0.3 is 15.3 Å². The molecular weight excluding hydrogens is 250 g/mol. The van der Waals surface area contributed by atoms with Crippen LogP contribution in [0.2, 0.25) is 0 Å². The third kappa shape index (κ3) is 2.87. The van der Waals surface area contributed by atoms with Crippen molar-refractivity contribution in [3.63, 3.8) is 0 Å². The number of benzene rings is 1. The van der Waals surface area contributed by atoms with Crippen LogP contribution in [0.3, 0.4) is 0 Å². The fraction of sp³-hybridized carbons (Fsp3) is 0.154. The van der Waals surface area contributed by atoms with E-state index >= 15 is 0 Å². The van der Waals surface area contributed by atoms with E-state index < -0.39 is 5.97 Å². The quantitative estimate of drug-likeness (QED) is 0.654. The van der Waals surface area contributed by atoms with Gasteiger partial charge in [-0.25, -0.2) is 4.79 Å². The highest BCUT2D eigenvalue weighted by atomic mass is 32.2. The molecule has 0 atom stereocenters. The van der Waals surface area contributed by atoms with Crippen molar-refractivity contribution in [3.8, 4) is 0 Å². The van der Waals surface area contributed by atoms with Gasteiger partial charge in [-0.15, -0.1) is 11.8 Å². The molecule has 0 bridgehead atoms. The van der Waals surface area contributed by atoms with Gasteiger partial charge in [0.2, 0.25) is 0 Å². The van der Waals surface area contributed by atoms with Gasteiger partial charge in [0.25, 0.3) is 0 Å². The minimum absolute atomic E-state index is 0.169. The lowest BCUT2D eigenvalue weighted by molar-refractivity contribution is 0.0696. The summed E-state index contributed by atoms with van der Waals surface area (Å²) < 4.78 is 5.18. The normalized spacial score (nSPS) is 10.5. The van der Waals surface area contributed by atoms with Gasteiger partial charge in [-0.1, -0.05) is 6.07 Å². The number of aromatic carboxylic acids is 1. The molecule has 0 aliphatic carbocycles. The van der Waals surface area contributed by atoms with Crippen molar-refractivity contribution in [3.05, 3.63) is 47.4 Å². The van der Waals surface area contributed by atoms with E-state index in [-0.39, 0.29) is 5.56 Å². The fourth-order valence-corrected chi connectivity index (χ4v) is 2.44. The van der Waals surface area contributed by atoms with Crippen molar-refractivity contribution < 1.29 is 14.3 Å². The SMILES string of the molecule is Cc1ccc(N)c(SCc2cc(C(=O)O)co2)c1. The molecule has 4 nitrogen and oxygen atoms in total. The number of carbonyl (C=O) groups is 1. The lowest BCUT2D eigenvalue weighted by Crippen LogP contribution is -1.92. The maximum atomic E-state index is 10.7. The van der Waals surface area contributed by atoms with Crippen molar-refractivity contribution in [1.29, 1.82) is 0 Å². The fourth-order valence-electron chi connectivity index (χ4n) is 1.48. The molecule has 2 aromatic rings. The molecule has 0 spiro atoms. The number of carboxylic acid groups (broad SMARTS) is 1. The first-order valence-electron chi connectivity index (χ1n) is 5.36. The number of nitrogens with two attached hydrogens (primary N) is 1. The minimum atomic E-state index is -0.981. The van der Waals surface area contributed by atoms with Gasteiger partial charge in [-0.3, -0.25) is 0 Å².